The van der Waals surface area contributed by atoms with Crippen molar-refractivity contribution in [3.8, 4) is 0 Å². The Morgan fingerprint density at radius 3 is 2.80 bits per heavy atom. The summed E-state index contributed by atoms with van der Waals surface area (Å²) in [5.41, 5.74) is 5.38. The summed E-state index contributed by atoms with van der Waals surface area (Å²) in [6, 6.07) is 3.09. The molecule has 0 fully saturated rings. The van der Waals surface area contributed by atoms with Gasteiger partial charge < -0.3 is 15.5 Å². The average molecular weight is 226 g/mol. The average Bonchev–Trinajstić information content (AvgIpc) is 2.65. The molecule has 0 radical (unpaired) electrons. The van der Waals surface area contributed by atoms with Gasteiger partial charge in [0, 0.05) is 6.42 Å². The lowest BCUT2D eigenvalue weighted by Gasteiger charge is -2.10. The molecule has 82 valence electrons. The summed E-state index contributed by atoms with van der Waals surface area (Å²) in [6.45, 7) is 3.68. The van der Waals surface area contributed by atoms with Gasteiger partial charge in [0.15, 0.2) is 5.76 Å². The van der Waals surface area contributed by atoms with Crippen molar-refractivity contribution in [1.82, 2.24) is 5.32 Å². The third kappa shape index (κ3) is 3.06. The second-order valence-corrected chi connectivity index (χ2v) is 3.69. The van der Waals surface area contributed by atoms with Gasteiger partial charge in [-0.2, -0.15) is 0 Å². The number of hydrogen-bond acceptors (Lipinski definition) is 3. The topological polar surface area (TPSA) is 68.3 Å². The Hall–Kier alpha value is -1.36. The molecule has 4 nitrogen and oxygen atoms in total. The van der Waals surface area contributed by atoms with Crippen LogP contribution < -0.4 is 11.1 Å². The molecule has 1 heterocycles. The predicted molar refractivity (Wildman–Crippen MR) is 61.8 cm³/mol. The third-order valence-corrected chi connectivity index (χ3v) is 2.36. The van der Waals surface area contributed by atoms with Gasteiger partial charge in [0.1, 0.15) is 5.76 Å². The first-order valence-corrected chi connectivity index (χ1v) is 5.14. The van der Waals surface area contributed by atoms with Crippen molar-refractivity contribution >= 4 is 23.1 Å². The van der Waals surface area contributed by atoms with E-state index in [2.05, 4.69) is 5.32 Å². The van der Waals surface area contributed by atoms with E-state index in [0.717, 1.165) is 12.2 Å². The molecule has 15 heavy (non-hydrogen) atoms. The molecular weight excluding hydrogens is 212 g/mol. The van der Waals surface area contributed by atoms with Gasteiger partial charge in [-0.15, -0.1) is 0 Å². The van der Waals surface area contributed by atoms with Crippen LogP contribution in [0.4, 0.5) is 0 Å². The molecule has 1 unspecified atom stereocenters. The van der Waals surface area contributed by atoms with Crippen LogP contribution in [0.25, 0.3) is 0 Å². The molecule has 0 aliphatic rings. The van der Waals surface area contributed by atoms with Crippen molar-refractivity contribution in [2.24, 2.45) is 5.73 Å². The van der Waals surface area contributed by atoms with Crippen molar-refractivity contribution in [3.63, 3.8) is 0 Å². The van der Waals surface area contributed by atoms with Crippen molar-refractivity contribution in [2.75, 3.05) is 0 Å². The Kier molecular flexibility index (Phi) is 3.85. The molecule has 1 amide bonds. The van der Waals surface area contributed by atoms with E-state index in [1.807, 2.05) is 6.92 Å². The highest BCUT2D eigenvalue weighted by Crippen LogP contribution is 2.08. The fourth-order valence-electron chi connectivity index (χ4n) is 1.03. The summed E-state index contributed by atoms with van der Waals surface area (Å²) in [7, 11) is 0. The molecular formula is C10H14N2O2S. The fraction of sp³-hybridized carbons (Fsp3) is 0.400. The highest BCUT2D eigenvalue weighted by molar-refractivity contribution is 7.80. The Labute approximate surface area is 93.8 Å². The van der Waals surface area contributed by atoms with Gasteiger partial charge in [-0.3, -0.25) is 4.79 Å². The van der Waals surface area contributed by atoms with Gasteiger partial charge in [0.2, 0.25) is 0 Å². The summed E-state index contributed by atoms with van der Waals surface area (Å²) < 4.78 is 5.28. The van der Waals surface area contributed by atoms with E-state index in [1.54, 1.807) is 19.1 Å². The number of hydrogen-bond donors (Lipinski definition) is 2. The van der Waals surface area contributed by atoms with Crippen LogP contribution in [0.1, 0.15) is 30.2 Å². The number of rotatable bonds is 4. The number of thiocarbonyl (C=S) groups is 1. The Bertz CT molecular complexity index is 373. The lowest BCUT2D eigenvalue weighted by Crippen LogP contribution is -2.41. The SMILES string of the molecule is CCc1ccc(C(=O)NC(C)C(N)=S)o1. The van der Waals surface area contributed by atoms with Crippen LogP contribution in [0.5, 0.6) is 0 Å². The molecule has 1 atom stereocenters. The van der Waals surface area contributed by atoms with Crippen LogP contribution in [0.15, 0.2) is 16.5 Å². The monoisotopic (exact) mass is 226 g/mol. The maximum absolute atomic E-state index is 11.6. The van der Waals surface area contributed by atoms with Crippen LogP contribution in [0.2, 0.25) is 0 Å². The third-order valence-electron chi connectivity index (χ3n) is 2.01. The van der Waals surface area contributed by atoms with Crippen molar-refractivity contribution in [2.45, 2.75) is 26.3 Å². The summed E-state index contributed by atoms with van der Waals surface area (Å²) >= 11 is 4.75. The van der Waals surface area contributed by atoms with E-state index in [1.165, 1.54) is 0 Å². The maximum atomic E-state index is 11.6. The molecule has 0 saturated carbocycles. The van der Waals surface area contributed by atoms with Gasteiger partial charge >= 0.3 is 0 Å². The molecule has 0 aromatic carbocycles. The van der Waals surface area contributed by atoms with Gasteiger partial charge in [-0.1, -0.05) is 19.1 Å². The van der Waals surface area contributed by atoms with Crippen LogP contribution in [-0.2, 0) is 6.42 Å². The number of amides is 1. The molecule has 0 saturated heterocycles. The zero-order chi connectivity index (χ0) is 11.4. The zero-order valence-electron chi connectivity index (χ0n) is 8.74. The first-order valence-electron chi connectivity index (χ1n) is 4.73. The quantitative estimate of drug-likeness (QED) is 0.758. The van der Waals surface area contributed by atoms with E-state index >= 15 is 0 Å². The molecule has 1 rings (SSSR count). The first kappa shape index (κ1) is 11.7. The minimum Gasteiger partial charge on any atom is -0.456 e. The normalized spacial score (nSPS) is 12.1. The Morgan fingerprint density at radius 1 is 1.67 bits per heavy atom. The molecule has 1 aromatic heterocycles. The Morgan fingerprint density at radius 2 is 2.33 bits per heavy atom. The maximum Gasteiger partial charge on any atom is 0.287 e. The van der Waals surface area contributed by atoms with E-state index in [9.17, 15) is 4.79 Å². The van der Waals surface area contributed by atoms with Crippen LogP contribution in [-0.4, -0.2) is 16.9 Å². The number of carbonyl (C=O) groups is 1. The largest absolute Gasteiger partial charge is 0.456 e. The lowest BCUT2D eigenvalue weighted by molar-refractivity contribution is 0.0920. The number of aryl methyl sites for hydroxylation is 1. The highest BCUT2D eigenvalue weighted by atomic mass is 32.1. The van der Waals surface area contributed by atoms with Crippen LogP contribution >= 0.6 is 12.2 Å². The molecule has 5 heteroatoms. The van der Waals surface area contributed by atoms with Gasteiger partial charge in [0.25, 0.3) is 5.91 Å². The van der Waals surface area contributed by atoms with E-state index < -0.39 is 0 Å². The number of nitrogens with two attached hydrogens (primary N) is 1. The van der Waals surface area contributed by atoms with Crippen LogP contribution in [0, 0.1) is 0 Å². The Balaban J connectivity index is 2.65. The van der Waals surface area contributed by atoms with E-state index in [4.69, 9.17) is 22.4 Å². The predicted octanol–water partition coefficient (Wildman–Crippen LogP) is 1.25. The summed E-state index contributed by atoms with van der Waals surface area (Å²) in [4.78, 5) is 11.8. The van der Waals surface area contributed by atoms with Gasteiger partial charge in [-0.25, -0.2) is 0 Å². The smallest absolute Gasteiger partial charge is 0.287 e. The second kappa shape index (κ2) is 4.93. The van der Waals surface area contributed by atoms with Crippen LogP contribution in [0.3, 0.4) is 0 Å². The standard InChI is InChI=1S/C10H14N2O2S/c1-3-7-4-5-8(14-7)10(13)12-6(2)9(11)15/h4-6H,3H2,1-2H3,(H2,11,15)(H,12,13). The minimum absolute atomic E-state index is 0.255. The molecule has 0 aliphatic heterocycles. The highest BCUT2D eigenvalue weighted by Gasteiger charge is 2.14. The van der Waals surface area contributed by atoms with Gasteiger partial charge in [0.05, 0.1) is 11.0 Å². The van der Waals surface area contributed by atoms with Gasteiger partial charge in [-0.05, 0) is 19.1 Å². The number of carbonyl (C=O) groups excluding carboxylic acids is 1. The van der Waals surface area contributed by atoms with Crippen molar-refractivity contribution < 1.29 is 9.21 Å². The van der Waals surface area contributed by atoms with Crippen molar-refractivity contribution in [1.29, 1.82) is 0 Å². The summed E-state index contributed by atoms with van der Waals surface area (Å²) in [5.74, 6) is 0.771. The molecule has 0 bridgehead atoms. The first-order chi connectivity index (χ1) is 7.04. The molecule has 3 N–H and O–H groups in total. The molecule has 0 aliphatic carbocycles. The van der Waals surface area contributed by atoms with E-state index in [0.29, 0.717) is 0 Å². The summed E-state index contributed by atoms with van der Waals surface area (Å²) in [5, 5.41) is 2.63. The number of furan rings is 1. The lowest BCUT2D eigenvalue weighted by atomic mass is 10.3. The zero-order valence-corrected chi connectivity index (χ0v) is 9.56. The second-order valence-electron chi connectivity index (χ2n) is 3.22. The number of nitrogens with one attached hydrogen (secondary N) is 1. The summed E-state index contributed by atoms with van der Waals surface area (Å²) in [6.07, 6.45) is 0.762. The van der Waals surface area contributed by atoms with Crippen molar-refractivity contribution in [3.05, 3.63) is 23.7 Å². The fourth-order valence-corrected chi connectivity index (χ4v) is 1.09. The molecule has 0 spiro atoms. The molecule has 1 aromatic rings. The van der Waals surface area contributed by atoms with E-state index in [-0.39, 0.29) is 22.7 Å². The minimum atomic E-state index is -0.331.